The second-order valence-corrected chi connectivity index (χ2v) is 4.77. The van der Waals surface area contributed by atoms with Gasteiger partial charge < -0.3 is 24.8 Å². The highest BCUT2D eigenvalue weighted by atomic mass is 16.5. The van der Waals surface area contributed by atoms with Crippen molar-refractivity contribution >= 4 is 0 Å². The molecule has 0 fully saturated rings. The van der Waals surface area contributed by atoms with E-state index in [1.54, 1.807) is 0 Å². The van der Waals surface area contributed by atoms with Crippen LogP contribution in [-0.4, -0.2) is 57.0 Å². The second-order valence-electron chi connectivity index (χ2n) is 4.77. The number of aliphatic hydroxyl groups is 1. The molecule has 20 heavy (non-hydrogen) atoms. The van der Waals surface area contributed by atoms with Crippen molar-refractivity contribution in [1.29, 1.82) is 0 Å². The summed E-state index contributed by atoms with van der Waals surface area (Å²) >= 11 is 0. The lowest BCUT2D eigenvalue weighted by Gasteiger charge is -2.15. The molecule has 5 heteroatoms. The van der Waals surface area contributed by atoms with Crippen LogP contribution in [0.4, 0.5) is 0 Å². The number of ether oxygens (including phenoxy) is 2. The molecule has 2 N–H and O–H groups in total. The first kappa shape index (κ1) is 16.8. The number of nitrogens with one attached hydrogen (secondary N) is 1. The standard InChI is InChI=1S/C15H26N2O3/c1-4-19-15-11-13(12-16-7-9-18)5-6-14(15)20-10-8-17(2)3/h5-6,11,16,18H,4,7-10,12H2,1-3H3. The first-order valence-electron chi connectivity index (χ1n) is 7.02. The molecule has 0 saturated heterocycles. The van der Waals surface area contributed by atoms with Gasteiger partial charge >= 0.3 is 0 Å². The van der Waals surface area contributed by atoms with Crippen LogP contribution in [0.3, 0.4) is 0 Å². The average molecular weight is 282 g/mol. The van der Waals surface area contributed by atoms with Crippen molar-refractivity contribution in [3.8, 4) is 11.5 Å². The molecule has 5 nitrogen and oxygen atoms in total. The predicted octanol–water partition coefficient (Wildman–Crippen LogP) is 1.11. The average Bonchev–Trinajstić information content (AvgIpc) is 2.41. The van der Waals surface area contributed by atoms with E-state index in [0.29, 0.717) is 26.3 Å². The molecule has 0 aliphatic rings. The van der Waals surface area contributed by atoms with Crippen molar-refractivity contribution in [3.63, 3.8) is 0 Å². The molecule has 0 spiro atoms. The summed E-state index contributed by atoms with van der Waals surface area (Å²) in [5.41, 5.74) is 1.11. The van der Waals surface area contributed by atoms with Crippen molar-refractivity contribution in [3.05, 3.63) is 23.8 Å². The zero-order valence-electron chi connectivity index (χ0n) is 12.7. The molecule has 0 aliphatic carbocycles. The third-order valence-electron chi connectivity index (χ3n) is 2.72. The Labute approximate surface area is 121 Å². The molecule has 0 unspecified atom stereocenters. The Morgan fingerprint density at radius 2 is 2.00 bits per heavy atom. The van der Waals surface area contributed by atoms with Crippen LogP contribution in [0.2, 0.25) is 0 Å². The van der Waals surface area contributed by atoms with Gasteiger partial charge in [-0.3, -0.25) is 0 Å². The van der Waals surface area contributed by atoms with Crippen molar-refractivity contribution in [2.75, 3.05) is 47.0 Å². The van der Waals surface area contributed by atoms with Crippen molar-refractivity contribution in [2.24, 2.45) is 0 Å². The number of benzene rings is 1. The molecular weight excluding hydrogens is 256 g/mol. The number of hydrogen-bond acceptors (Lipinski definition) is 5. The Morgan fingerprint density at radius 3 is 2.65 bits per heavy atom. The van der Waals surface area contributed by atoms with Crippen LogP contribution in [0.1, 0.15) is 12.5 Å². The number of hydrogen-bond donors (Lipinski definition) is 2. The van der Waals surface area contributed by atoms with Gasteiger partial charge in [-0.1, -0.05) is 6.07 Å². The number of aliphatic hydroxyl groups excluding tert-OH is 1. The summed E-state index contributed by atoms with van der Waals surface area (Å²) in [5.74, 6) is 1.55. The molecular formula is C15H26N2O3. The molecule has 0 heterocycles. The van der Waals surface area contributed by atoms with E-state index in [9.17, 15) is 0 Å². The Morgan fingerprint density at radius 1 is 1.20 bits per heavy atom. The van der Waals surface area contributed by atoms with Gasteiger partial charge in [0, 0.05) is 19.6 Å². The van der Waals surface area contributed by atoms with Crippen LogP contribution in [0, 0.1) is 0 Å². The van der Waals surface area contributed by atoms with Gasteiger partial charge in [-0.15, -0.1) is 0 Å². The zero-order chi connectivity index (χ0) is 14.8. The molecule has 0 amide bonds. The van der Waals surface area contributed by atoms with Crippen LogP contribution < -0.4 is 14.8 Å². The molecule has 1 aromatic carbocycles. The first-order chi connectivity index (χ1) is 9.67. The highest BCUT2D eigenvalue weighted by Gasteiger charge is 2.06. The van der Waals surface area contributed by atoms with Crippen molar-refractivity contribution in [2.45, 2.75) is 13.5 Å². The number of likely N-dealkylation sites (N-methyl/N-ethyl adjacent to an activating group) is 1. The summed E-state index contributed by atoms with van der Waals surface area (Å²) in [6, 6.07) is 5.94. The van der Waals surface area contributed by atoms with E-state index in [0.717, 1.165) is 23.6 Å². The van der Waals surface area contributed by atoms with Gasteiger partial charge in [0.15, 0.2) is 11.5 Å². The van der Waals surface area contributed by atoms with Crippen molar-refractivity contribution < 1.29 is 14.6 Å². The monoisotopic (exact) mass is 282 g/mol. The Kier molecular flexibility index (Phi) is 8.02. The zero-order valence-corrected chi connectivity index (χ0v) is 12.7. The normalized spacial score (nSPS) is 10.8. The minimum absolute atomic E-state index is 0.143. The van der Waals surface area contributed by atoms with E-state index < -0.39 is 0 Å². The SMILES string of the molecule is CCOc1cc(CNCCO)ccc1OCCN(C)C. The van der Waals surface area contributed by atoms with E-state index in [1.807, 2.05) is 39.2 Å². The van der Waals surface area contributed by atoms with E-state index in [-0.39, 0.29) is 6.61 Å². The largest absolute Gasteiger partial charge is 0.490 e. The third kappa shape index (κ3) is 6.23. The van der Waals surface area contributed by atoms with Crippen LogP contribution in [-0.2, 0) is 6.54 Å². The minimum Gasteiger partial charge on any atom is -0.490 e. The highest BCUT2D eigenvalue weighted by molar-refractivity contribution is 5.43. The van der Waals surface area contributed by atoms with Gasteiger partial charge in [-0.2, -0.15) is 0 Å². The topological polar surface area (TPSA) is 54.0 Å². The Hall–Kier alpha value is -1.30. The highest BCUT2D eigenvalue weighted by Crippen LogP contribution is 2.28. The smallest absolute Gasteiger partial charge is 0.161 e. The van der Waals surface area contributed by atoms with Gasteiger partial charge in [-0.25, -0.2) is 0 Å². The van der Waals surface area contributed by atoms with Gasteiger partial charge in [0.2, 0.25) is 0 Å². The maximum absolute atomic E-state index is 8.76. The molecule has 0 bridgehead atoms. The second kappa shape index (κ2) is 9.58. The van der Waals surface area contributed by atoms with Crippen LogP contribution in [0.15, 0.2) is 18.2 Å². The van der Waals surface area contributed by atoms with E-state index >= 15 is 0 Å². The lowest BCUT2D eigenvalue weighted by Crippen LogP contribution is -2.20. The van der Waals surface area contributed by atoms with Crippen molar-refractivity contribution in [1.82, 2.24) is 10.2 Å². The number of rotatable bonds is 10. The van der Waals surface area contributed by atoms with E-state index in [4.69, 9.17) is 14.6 Å². The molecule has 114 valence electrons. The lowest BCUT2D eigenvalue weighted by molar-refractivity contribution is 0.243. The maximum Gasteiger partial charge on any atom is 0.161 e. The Bertz CT molecular complexity index is 383. The molecule has 0 aliphatic heterocycles. The first-order valence-corrected chi connectivity index (χ1v) is 7.02. The summed E-state index contributed by atoms with van der Waals surface area (Å²) in [7, 11) is 4.03. The molecule has 0 radical (unpaired) electrons. The third-order valence-corrected chi connectivity index (χ3v) is 2.72. The summed E-state index contributed by atoms with van der Waals surface area (Å²) in [4.78, 5) is 2.08. The van der Waals surface area contributed by atoms with Gasteiger partial charge in [0.05, 0.1) is 13.2 Å². The lowest BCUT2D eigenvalue weighted by atomic mass is 10.2. The fourth-order valence-electron chi connectivity index (χ4n) is 1.70. The molecule has 0 saturated carbocycles. The Balaban J connectivity index is 2.63. The quantitative estimate of drug-likeness (QED) is 0.630. The molecule has 0 atom stereocenters. The van der Waals surface area contributed by atoms with E-state index in [1.165, 1.54) is 0 Å². The van der Waals surface area contributed by atoms with Gasteiger partial charge in [0.1, 0.15) is 6.61 Å². The molecule has 1 aromatic rings. The van der Waals surface area contributed by atoms with Gasteiger partial charge in [0.25, 0.3) is 0 Å². The fraction of sp³-hybridized carbons (Fsp3) is 0.600. The summed E-state index contributed by atoms with van der Waals surface area (Å²) in [5, 5.41) is 11.9. The van der Waals surface area contributed by atoms with Crippen LogP contribution in [0.5, 0.6) is 11.5 Å². The predicted molar refractivity (Wildman–Crippen MR) is 80.5 cm³/mol. The van der Waals surface area contributed by atoms with Crippen LogP contribution in [0.25, 0.3) is 0 Å². The molecule has 1 rings (SSSR count). The molecule has 0 aromatic heterocycles. The minimum atomic E-state index is 0.143. The summed E-state index contributed by atoms with van der Waals surface area (Å²) in [6.07, 6.45) is 0. The fourth-order valence-corrected chi connectivity index (χ4v) is 1.70. The van der Waals surface area contributed by atoms with Crippen LogP contribution >= 0.6 is 0 Å². The maximum atomic E-state index is 8.76. The number of nitrogens with zero attached hydrogens (tertiary/aromatic N) is 1. The summed E-state index contributed by atoms with van der Waals surface area (Å²) in [6.45, 7) is 5.51. The summed E-state index contributed by atoms with van der Waals surface area (Å²) < 4.78 is 11.4. The van der Waals surface area contributed by atoms with Gasteiger partial charge in [-0.05, 0) is 38.7 Å². The van der Waals surface area contributed by atoms with E-state index in [2.05, 4.69) is 10.2 Å².